The molecular formula is C28H32N2O4. The highest BCUT2D eigenvalue weighted by atomic mass is 16.5. The van der Waals surface area contributed by atoms with Gasteiger partial charge < -0.3 is 18.9 Å². The van der Waals surface area contributed by atoms with E-state index in [-0.39, 0.29) is 17.8 Å². The molecule has 4 rings (SSSR count). The van der Waals surface area contributed by atoms with Gasteiger partial charge in [0, 0.05) is 25.0 Å². The van der Waals surface area contributed by atoms with E-state index in [1.54, 1.807) is 17.9 Å². The maximum atomic E-state index is 13.8. The van der Waals surface area contributed by atoms with Crippen molar-refractivity contribution < 1.29 is 19.1 Å². The molecule has 0 N–H and O–H groups in total. The van der Waals surface area contributed by atoms with E-state index in [2.05, 4.69) is 42.3 Å². The predicted molar refractivity (Wildman–Crippen MR) is 133 cm³/mol. The molecule has 6 heteroatoms. The molecule has 1 atom stereocenters. The number of aryl methyl sites for hydroxylation is 1. The number of aromatic nitrogens is 1. The van der Waals surface area contributed by atoms with Crippen molar-refractivity contribution in [2.24, 2.45) is 5.92 Å². The van der Waals surface area contributed by atoms with E-state index < -0.39 is 0 Å². The van der Waals surface area contributed by atoms with Gasteiger partial charge >= 0.3 is 5.97 Å². The van der Waals surface area contributed by atoms with E-state index >= 15 is 0 Å². The summed E-state index contributed by atoms with van der Waals surface area (Å²) in [5.41, 5.74) is 3.83. The lowest BCUT2D eigenvalue weighted by Gasteiger charge is -2.31. The molecule has 34 heavy (non-hydrogen) atoms. The first-order valence-electron chi connectivity index (χ1n) is 11.9. The Morgan fingerprint density at radius 3 is 2.71 bits per heavy atom. The average Bonchev–Trinajstić information content (AvgIpc) is 3.22. The smallest absolute Gasteiger partial charge is 0.310 e. The number of carbonyl (C=O) groups is 2. The first kappa shape index (κ1) is 23.6. The maximum absolute atomic E-state index is 13.8. The lowest BCUT2D eigenvalue weighted by atomic mass is 9.98. The topological polar surface area (TPSA) is 60.8 Å². The highest BCUT2D eigenvalue weighted by Crippen LogP contribution is 2.31. The van der Waals surface area contributed by atoms with Crippen molar-refractivity contribution in [3.63, 3.8) is 0 Å². The first-order valence-corrected chi connectivity index (χ1v) is 11.9. The van der Waals surface area contributed by atoms with Crippen molar-refractivity contribution in [1.82, 2.24) is 9.47 Å². The zero-order chi connectivity index (χ0) is 24.1. The number of piperidine rings is 1. The second-order valence-corrected chi connectivity index (χ2v) is 8.73. The van der Waals surface area contributed by atoms with Gasteiger partial charge in [0.15, 0.2) is 0 Å². The van der Waals surface area contributed by atoms with Crippen molar-refractivity contribution in [2.45, 2.75) is 33.2 Å². The van der Waals surface area contributed by atoms with Crippen molar-refractivity contribution in [3.8, 4) is 5.75 Å². The highest BCUT2D eigenvalue weighted by Gasteiger charge is 2.31. The molecule has 0 spiro atoms. The van der Waals surface area contributed by atoms with Crippen LogP contribution < -0.4 is 4.74 Å². The standard InChI is InChI=1S/C28H32N2O4/c1-4-16-34-26-10-6-9-24-23(26)17-25(30(24)18-21-13-11-20(3)12-14-21)27(31)29-15-7-8-22(19-29)28(32)33-5-2/h4,6,9-14,17,22H,1,5,7-8,15-16,18-19H2,2-3H3. The second kappa shape index (κ2) is 10.6. The fraction of sp³-hybridized carbons (Fsp3) is 0.357. The Hall–Kier alpha value is -3.54. The molecular weight excluding hydrogens is 428 g/mol. The zero-order valence-corrected chi connectivity index (χ0v) is 20.0. The summed E-state index contributed by atoms with van der Waals surface area (Å²) in [7, 11) is 0. The zero-order valence-electron chi connectivity index (χ0n) is 20.0. The Balaban J connectivity index is 1.72. The Morgan fingerprint density at radius 1 is 1.18 bits per heavy atom. The number of ether oxygens (including phenoxy) is 2. The van der Waals surface area contributed by atoms with Crippen LogP contribution in [0.2, 0.25) is 0 Å². The van der Waals surface area contributed by atoms with Crippen LogP contribution in [0.1, 0.15) is 41.4 Å². The van der Waals surface area contributed by atoms with Gasteiger partial charge in [-0.15, -0.1) is 0 Å². The lowest BCUT2D eigenvalue weighted by Crippen LogP contribution is -2.43. The van der Waals surface area contributed by atoms with Gasteiger partial charge in [-0.25, -0.2) is 0 Å². The average molecular weight is 461 g/mol. The number of nitrogens with zero attached hydrogens (tertiary/aromatic N) is 2. The Labute approximate surface area is 200 Å². The molecule has 1 fully saturated rings. The van der Waals surface area contributed by atoms with Gasteiger partial charge in [0.1, 0.15) is 18.1 Å². The molecule has 0 aliphatic carbocycles. The number of hydrogen-bond donors (Lipinski definition) is 0. The SMILES string of the molecule is C=CCOc1cccc2c1cc(C(=O)N1CCCC(C(=O)OCC)C1)n2Cc1ccc(C)cc1. The summed E-state index contributed by atoms with van der Waals surface area (Å²) in [4.78, 5) is 27.9. The van der Waals surface area contributed by atoms with Crippen LogP contribution in [0.5, 0.6) is 5.75 Å². The van der Waals surface area contributed by atoms with E-state index in [4.69, 9.17) is 9.47 Å². The number of esters is 1. The predicted octanol–water partition coefficient (Wildman–Crippen LogP) is 4.98. The van der Waals surface area contributed by atoms with Crippen molar-refractivity contribution in [1.29, 1.82) is 0 Å². The van der Waals surface area contributed by atoms with E-state index in [9.17, 15) is 9.59 Å². The van der Waals surface area contributed by atoms with Crippen molar-refractivity contribution in [2.75, 3.05) is 26.3 Å². The van der Waals surface area contributed by atoms with Gasteiger partial charge in [-0.3, -0.25) is 9.59 Å². The quantitative estimate of drug-likeness (QED) is 0.351. The molecule has 0 saturated carbocycles. The minimum absolute atomic E-state index is 0.0769. The molecule has 1 unspecified atom stereocenters. The highest BCUT2D eigenvalue weighted by molar-refractivity contribution is 6.00. The minimum atomic E-state index is -0.279. The minimum Gasteiger partial charge on any atom is -0.489 e. The number of rotatable bonds is 8. The summed E-state index contributed by atoms with van der Waals surface area (Å²) in [5, 5.41) is 0.888. The van der Waals surface area contributed by atoms with Gasteiger partial charge in [0.05, 0.1) is 18.0 Å². The monoisotopic (exact) mass is 460 g/mol. The van der Waals surface area contributed by atoms with Crippen LogP contribution in [-0.4, -0.2) is 47.6 Å². The summed E-state index contributed by atoms with van der Waals surface area (Å²) >= 11 is 0. The summed E-state index contributed by atoms with van der Waals surface area (Å²) in [6.45, 7) is 9.90. The summed E-state index contributed by atoms with van der Waals surface area (Å²) < 4.78 is 13.2. The van der Waals surface area contributed by atoms with Gasteiger partial charge in [-0.1, -0.05) is 48.6 Å². The van der Waals surface area contributed by atoms with Crippen LogP contribution in [0.3, 0.4) is 0 Å². The second-order valence-electron chi connectivity index (χ2n) is 8.73. The molecule has 1 saturated heterocycles. The molecule has 0 bridgehead atoms. The first-order chi connectivity index (χ1) is 16.5. The van der Waals surface area contributed by atoms with Crippen LogP contribution >= 0.6 is 0 Å². The largest absolute Gasteiger partial charge is 0.489 e. The molecule has 0 radical (unpaired) electrons. The van der Waals surface area contributed by atoms with Crippen LogP contribution in [0.15, 0.2) is 61.2 Å². The van der Waals surface area contributed by atoms with E-state index in [0.717, 1.165) is 35.1 Å². The third-order valence-electron chi connectivity index (χ3n) is 6.27. The van der Waals surface area contributed by atoms with Gasteiger partial charge in [-0.2, -0.15) is 0 Å². The molecule has 6 nitrogen and oxygen atoms in total. The number of benzene rings is 2. The van der Waals surface area contributed by atoms with Crippen LogP contribution in [-0.2, 0) is 16.1 Å². The van der Waals surface area contributed by atoms with Crippen molar-refractivity contribution in [3.05, 3.63) is 78.0 Å². The fourth-order valence-corrected chi connectivity index (χ4v) is 4.53. The van der Waals surface area contributed by atoms with Crippen molar-refractivity contribution >= 4 is 22.8 Å². The molecule has 1 aliphatic heterocycles. The number of fused-ring (bicyclic) bond motifs is 1. The molecule has 2 heterocycles. The van der Waals surface area contributed by atoms with Gasteiger partial charge in [0.25, 0.3) is 5.91 Å². The summed E-state index contributed by atoms with van der Waals surface area (Å²) in [5.74, 6) is 0.142. The number of hydrogen-bond acceptors (Lipinski definition) is 4. The van der Waals surface area contributed by atoms with E-state index in [0.29, 0.717) is 38.5 Å². The van der Waals surface area contributed by atoms with Gasteiger partial charge in [0.2, 0.25) is 0 Å². The number of amides is 1. The molecule has 3 aromatic rings. The number of likely N-dealkylation sites (tertiary alicyclic amines) is 1. The lowest BCUT2D eigenvalue weighted by molar-refractivity contribution is -0.149. The van der Waals surface area contributed by atoms with Crippen LogP contribution in [0, 0.1) is 12.8 Å². The van der Waals surface area contributed by atoms with Crippen LogP contribution in [0.25, 0.3) is 10.9 Å². The summed E-state index contributed by atoms with van der Waals surface area (Å²) in [6, 6.07) is 16.1. The Morgan fingerprint density at radius 2 is 1.97 bits per heavy atom. The third-order valence-corrected chi connectivity index (χ3v) is 6.27. The van der Waals surface area contributed by atoms with E-state index in [1.165, 1.54) is 5.56 Å². The molecule has 1 aliphatic rings. The fourth-order valence-electron chi connectivity index (χ4n) is 4.53. The Kier molecular flexibility index (Phi) is 7.36. The third kappa shape index (κ3) is 5.01. The maximum Gasteiger partial charge on any atom is 0.310 e. The van der Waals surface area contributed by atoms with Crippen LogP contribution in [0.4, 0.5) is 0 Å². The Bertz CT molecular complexity index is 1180. The molecule has 1 aromatic heterocycles. The normalized spacial score (nSPS) is 15.8. The molecule has 178 valence electrons. The van der Waals surface area contributed by atoms with Gasteiger partial charge in [-0.05, 0) is 50.5 Å². The van der Waals surface area contributed by atoms with E-state index in [1.807, 2.05) is 24.3 Å². The molecule has 1 amide bonds. The molecule has 2 aromatic carbocycles. The summed E-state index contributed by atoms with van der Waals surface area (Å²) in [6.07, 6.45) is 3.23. The number of carbonyl (C=O) groups excluding carboxylic acids is 2.